The number of alkyl carbamates (subject to hydrolysis) is 1. The third-order valence-electron chi connectivity index (χ3n) is 5.19. The number of para-hydroxylation sites is 1. The minimum absolute atomic E-state index is 0.203. The average molecular weight is 466 g/mol. The number of amides is 2. The van der Waals surface area contributed by atoms with E-state index < -0.39 is 35.7 Å². The number of hydrogen-bond donors (Lipinski definition) is 3. The van der Waals surface area contributed by atoms with Crippen LogP contribution in [0.1, 0.15) is 31.9 Å². The monoisotopic (exact) mass is 465 g/mol. The minimum atomic E-state index is -0.975. The SMILES string of the molecule is COC(=O)C(Cc1ccccc1)NC(=O)C(Cc1c[nH]c2ccccc12)NC(=O)OC(C)(C)C. The fourth-order valence-electron chi connectivity index (χ4n) is 3.64. The normalized spacial score (nSPS) is 13.1. The summed E-state index contributed by atoms with van der Waals surface area (Å²) in [5, 5.41) is 6.36. The highest BCUT2D eigenvalue weighted by atomic mass is 16.6. The average Bonchev–Trinajstić information content (AvgIpc) is 3.20. The van der Waals surface area contributed by atoms with Gasteiger partial charge < -0.3 is 25.1 Å². The third-order valence-corrected chi connectivity index (χ3v) is 5.19. The zero-order valence-electron chi connectivity index (χ0n) is 19.9. The summed E-state index contributed by atoms with van der Waals surface area (Å²) < 4.78 is 10.3. The van der Waals surface area contributed by atoms with E-state index in [0.29, 0.717) is 0 Å². The Balaban J connectivity index is 1.83. The van der Waals surface area contributed by atoms with Crippen LogP contribution in [0.15, 0.2) is 60.8 Å². The fourth-order valence-corrected chi connectivity index (χ4v) is 3.64. The summed E-state index contributed by atoms with van der Waals surface area (Å²) >= 11 is 0. The molecule has 0 fully saturated rings. The molecule has 3 N–H and O–H groups in total. The van der Waals surface area contributed by atoms with E-state index in [2.05, 4.69) is 15.6 Å². The molecule has 34 heavy (non-hydrogen) atoms. The van der Waals surface area contributed by atoms with Gasteiger partial charge in [0, 0.05) is 29.9 Å². The molecule has 8 nitrogen and oxygen atoms in total. The second kappa shape index (κ2) is 10.9. The number of fused-ring (bicyclic) bond motifs is 1. The lowest BCUT2D eigenvalue weighted by molar-refractivity contribution is -0.145. The maximum absolute atomic E-state index is 13.3. The molecular formula is C26H31N3O5. The second-order valence-electron chi connectivity index (χ2n) is 9.04. The van der Waals surface area contributed by atoms with Crippen molar-refractivity contribution < 1.29 is 23.9 Å². The van der Waals surface area contributed by atoms with Crippen LogP contribution in [0.5, 0.6) is 0 Å². The van der Waals surface area contributed by atoms with Gasteiger partial charge in [-0.15, -0.1) is 0 Å². The van der Waals surface area contributed by atoms with Crippen LogP contribution in [0.3, 0.4) is 0 Å². The highest BCUT2D eigenvalue weighted by molar-refractivity contribution is 5.91. The number of carbonyl (C=O) groups excluding carboxylic acids is 3. The van der Waals surface area contributed by atoms with Crippen molar-refractivity contribution in [3.05, 3.63) is 71.9 Å². The molecular weight excluding hydrogens is 434 g/mol. The van der Waals surface area contributed by atoms with E-state index >= 15 is 0 Å². The zero-order valence-corrected chi connectivity index (χ0v) is 19.9. The van der Waals surface area contributed by atoms with Gasteiger partial charge >= 0.3 is 12.1 Å². The molecule has 8 heteroatoms. The Kier molecular flexibility index (Phi) is 7.94. The Morgan fingerprint density at radius 2 is 1.59 bits per heavy atom. The van der Waals surface area contributed by atoms with Crippen molar-refractivity contribution in [2.75, 3.05) is 7.11 Å². The van der Waals surface area contributed by atoms with Crippen molar-refractivity contribution in [3.63, 3.8) is 0 Å². The summed E-state index contributed by atoms with van der Waals surface area (Å²) in [4.78, 5) is 41.4. The van der Waals surface area contributed by atoms with Crippen LogP contribution < -0.4 is 10.6 Å². The largest absolute Gasteiger partial charge is 0.467 e. The molecule has 0 aliphatic carbocycles. The number of H-pyrrole nitrogens is 1. The van der Waals surface area contributed by atoms with E-state index in [1.807, 2.05) is 60.8 Å². The van der Waals surface area contributed by atoms with Gasteiger partial charge in [0.15, 0.2) is 0 Å². The summed E-state index contributed by atoms with van der Waals surface area (Å²) in [6, 6.07) is 15.1. The predicted molar refractivity (Wildman–Crippen MR) is 129 cm³/mol. The Bertz CT molecular complexity index is 1130. The van der Waals surface area contributed by atoms with Gasteiger partial charge in [-0.1, -0.05) is 48.5 Å². The number of nitrogens with one attached hydrogen (secondary N) is 3. The number of ether oxygens (including phenoxy) is 2. The van der Waals surface area contributed by atoms with Crippen LogP contribution >= 0.6 is 0 Å². The van der Waals surface area contributed by atoms with Gasteiger partial charge in [-0.2, -0.15) is 0 Å². The van der Waals surface area contributed by atoms with Gasteiger partial charge in [0.25, 0.3) is 0 Å². The first kappa shape index (κ1) is 24.8. The summed E-state index contributed by atoms with van der Waals surface area (Å²) in [6.45, 7) is 5.23. The first-order chi connectivity index (χ1) is 16.2. The maximum Gasteiger partial charge on any atom is 0.408 e. The fraction of sp³-hybridized carbons (Fsp3) is 0.346. The third kappa shape index (κ3) is 6.84. The highest BCUT2D eigenvalue weighted by Crippen LogP contribution is 2.19. The second-order valence-corrected chi connectivity index (χ2v) is 9.04. The standard InChI is InChI=1S/C26H31N3O5/c1-26(2,3)34-25(32)29-21(15-18-16-27-20-13-9-8-12-19(18)20)23(30)28-22(24(31)33-4)14-17-10-6-5-7-11-17/h5-13,16,21-22,27H,14-15H2,1-4H3,(H,28,30)(H,29,32). The number of hydrogen-bond acceptors (Lipinski definition) is 5. The molecule has 0 saturated heterocycles. The lowest BCUT2D eigenvalue weighted by Gasteiger charge is -2.25. The van der Waals surface area contributed by atoms with E-state index in [9.17, 15) is 14.4 Å². The smallest absolute Gasteiger partial charge is 0.408 e. The molecule has 3 rings (SSSR count). The van der Waals surface area contributed by atoms with Gasteiger partial charge in [-0.25, -0.2) is 9.59 Å². The quantitative estimate of drug-likeness (QED) is 0.441. The van der Waals surface area contributed by atoms with Gasteiger partial charge in [0.2, 0.25) is 5.91 Å². The van der Waals surface area contributed by atoms with Crippen molar-refractivity contribution in [3.8, 4) is 0 Å². The number of aromatic amines is 1. The van der Waals surface area contributed by atoms with E-state index in [-0.39, 0.29) is 12.8 Å². The summed E-state index contributed by atoms with van der Waals surface area (Å²) in [5.41, 5.74) is 1.91. The number of esters is 1. The first-order valence-electron chi connectivity index (χ1n) is 11.1. The number of aromatic nitrogens is 1. The zero-order chi connectivity index (χ0) is 24.7. The van der Waals surface area contributed by atoms with Crippen molar-refractivity contribution in [1.29, 1.82) is 0 Å². The van der Waals surface area contributed by atoms with Crippen molar-refractivity contribution in [1.82, 2.24) is 15.6 Å². The van der Waals surface area contributed by atoms with E-state index in [1.54, 1.807) is 20.8 Å². The molecule has 1 aromatic heterocycles. The lowest BCUT2D eigenvalue weighted by Crippen LogP contribution is -2.53. The Labute approximate surface area is 199 Å². The van der Waals surface area contributed by atoms with Crippen LogP contribution in [0.25, 0.3) is 10.9 Å². The molecule has 0 aliphatic heterocycles. The summed E-state index contributed by atoms with van der Waals surface area (Å²) in [7, 11) is 1.27. The first-order valence-corrected chi connectivity index (χ1v) is 11.1. The van der Waals surface area contributed by atoms with Gasteiger partial charge in [0.1, 0.15) is 17.7 Å². The van der Waals surface area contributed by atoms with Crippen molar-refractivity contribution in [2.45, 2.75) is 51.3 Å². The van der Waals surface area contributed by atoms with Gasteiger partial charge in [-0.05, 0) is 38.0 Å². The molecule has 0 aliphatic rings. The Morgan fingerprint density at radius 1 is 0.912 bits per heavy atom. The minimum Gasteiger partial charge on any atom is -0.467 e. The highest BCUT2D eigenvalue weighted by Gasteiger charge is 2.29. The molecule has 2 amide bonds. The van der Waals surface area contributed by atoms with E-state index in [1.165, 1.54) is 7.11 Å². The molecule has 0 radical (unpaired) electrons. The molecule has 2 atom stereocenters. The Hall–Kier alpha value is -3.81. The molecule has 3 aromatic rings. The molecule has 2 unspecified atom stereocenters. The molecule has 2 aromatic carbocycles. The Morgan fingerprint density at radius 3 is 2.26 bits per heavy atom. The van der Waals surface area contributed by atoms with Gasteiger partial charge in [0.05, 0.1) is 7.11 Å². The predicted octanol–water partition coefficient (Wildman–Crippen LogP) is 3.50. The van der Waals surface area contributed by atoms with Crippen molar-refractivity contribution in [2.24, 2.45) is 0 Å². The topological polar surface area (TPSA) is 110 Å². The molecule has 1 heterocycles. The van der Waals surface area contributed by atoms with Crippen LogP contribution in [0.2, 0.25) is 0 Å². The van der Waals surface area contributed by atoms with Crippen LogP contribution in [-0.2, 0) is 31.9 Å². The molecule has 0 saturated carbocycles. The number of benzene rings is 2. The van der Waals surface area contributed by atoms with Crippen molar-refractivity contribution >= 4 is 28.9 Å². The van der Waals surface area contributed by atoms with E-state index in [4.69, 9.17) is 9.47 Å². The lowest BCUT2D eigenvalue weighted by atomic mass is 10.0. The van der Waals surface area contributed by atoms with Gasteiger partial charge in [-0.3, -0.25) is 4.79 Å². The molecule has 0 spiro atoms. The van der Waals surface area contributed by atoms with Crippen LogP contribution in [-0.4, -0.2) is 47.7 Å². The van der Waals surface area contributed by atoms with E-state index in [0.717, 1.165) is 22.0 Å². The molecule has 180 valence electrons. The van der Waals surface area contributed by atoms with Crippen LogP contribution in [0.4, 0.5) is 4.79 Å². The number of methoxy groups -OCH3 is 1. The maximum atomic E-state index is 13.3. The van der Waals surface area contributed by atoms with Crippen LogP contribution in [0, 0.1) is 0 Å². The summed E-state index contributed by atoms with van der Waals surface area (Å²) in [6.07, 6.45) is 1.55. The summed E-state index contributed by atoms with van der Waals surface area (Å²) in [5.74, 6) is -1.08. The number of rotatable bonds is 8. The molecule has 0 bridgehead atoms. The number of carbonyl (C=O) groups is 3.